The molecule has 0 aliphatic heterocycles. The van der Waals surface area contributed by atoms with Gasteiger partial charge in [-0.3, -0.25) is 9.79 Å². The summed E-state index contributed by atoms with van der Waals surface area (Å²) >= 11 is 1.73. The number of unbranched alkanes of at least 4 members (excludes halogenated alkanes) is 1. The van der Waals surface area contributed by atoms with Gasteiger partial charge in [0, 0.05) is 62.3 Å². The number of thioether (sulfide) groups is 1. The smallest absolute Gasteiger partial charge is 0.253 e. The van der Waals surface area contributed by atoms with Gasteiger partial charge in [0.1, 0.15) is 11.6 Å². The lowest BCUT2D eigenvalue weighted by atomic mass is 10.0. The van der Waals surface area contributed by atoms with Crippen LogP contribution in [-0.4, -0.2) is 90.3 Å². The van der Waals surface area contributed by atoms with Gasteiger partial charge < -0.3 is 42.6 Å². The van der Waals surface area contributed by atoms with Gasteiger partial charge in [-0.1, -0.05) is 12.1 Å². The van der Waals surface area contributed by atoms with Gasteiger partial charge in [-0.15, -0.1) is 0 Å². The van der Waals surface area contributed by atoms with E-state index in [1.54, 1.807) is 24.9 Å². The van der Waals surface area contributed by atoms with Gasteiger partial charge in [0.15, 0.2) is 5.96 Å². The largest absolute Gasteiger partial charge is 0.497 e. The van der Waals surface area contributed by atoms with Crippen molar-refractivity contribution >= 4 is 63.0 Å². The summed E-state index contributed by atoms with van der Waals surface area (Å²) in [6.45, 7) is 3.47. The summed E-state index contributed by atoms with van der Waals surface area (Å²) in [5.41, 5.74) is 19.3. The summed E-state index contributed by atoms with van der Waals surface area (Å²) in [5, 5.41) is 11.7. The molecular formula is C32H45N11O3S. The summed E-state index contributed by atoms with van der Waals surface area (Å²) in [5.74, 6) is 2.96. The topological polar surface area (TPSA) is 214 Å². The van der Waals surface area contributed by atoms with Crippen molar-refractivity contribution in [3.05, 3.63) is 47.8 Å². The van der Waals surface area contributed by atoms with Gasteiger partial charge in [0.25, 0.3) is 5.91 Å². The Bertz CT molecular complexity index is 1650. The Morgan fingerprint density at radius 3 is 2.53 bits per heavy atom. The minimum absolute atomic E-state index is 0.0783. The number of para-hydroxylation sites is 1. The normalized spacial score (nSPS) is 11.0. The fraction of sp³-hybridized carbons (Fsp3) is 0.438. The minimum atomic E-state index is -0.184. The molecule has 0 unspecified atom stereocenters. The number of benzene rings is 2. The van der Waals surface area contributed by atoms with Crippen LogP contribution in [0.15, 0.2) is 41.4 Å². The van der Waals surface area contributed by atoms with Crippen molar-refractivity contribution in [1.82, 2.24) is 25.3 Å². The fourth-order valence-electron chi connectivity index (χ4n) is 4.88. The van der Waals surface area contributed by atoms with E-state index in [1.807, 2.05) is 36.6 Å². The van der Waals surface area contributed by atoms with E-state index >= 15 is 0 Å². The zero-order valence-corrected chi connectivity index (χ0v) is 27.9. The first-order chi connectivity index (χ1) is 22.9. The monoisotopic (exact) mass is 663 g/mol. The number of carbonyl (C=O) groups excluding carboxylic acids is 1. The van der Waals surface area contributed by atoms with Crippen molar-refractivity contribution in [2.24, 2.45) is 16.5 Å². The van der Waals surface area contributed by atoms with E-state index in [1.165, 1.54) is 0 Å². The zero-order valence-electron chi connectivity index (χ0n) is 27.1. The predicted molar refractivity (Wildman–Crippen MR) is 191 cm³/mol. The molecule has 2 aromatic carbocycles. The molecule has 4 aromatic rings. The maximum Gasteiger partial charge on any atom is 0.253 e. The standard InChI is InChI=1S/C32H45N11O3S/c1-45-21-10-11-25-24(20-21)27(36-13-3-4-14-39-32-42-26(12-19-47-2)41-31(35)43-32)22-8-5-9-23(28(22)40-25)29(44)37-15-6-17-46-18-7-16-38-30(33)34/h5,8-11,20H,3-4,6-7,12-19H2,1-2H3,(H,36,40)(H,37,44)(H4,33,34,38)(H3,35,39,41,42,43). The van der Waals surface area contributed by atoms with Crippen molar-refractivity contribution in [2.45, 2.75) is 32.1 Å². The Morgan fingerprint density at radius 1 is 0.936 bits per heavy atom. The molecule has 0 fully saturated rings. The number of pyridine rings is 1. The van der Waals surface area contributed by atoms with Crippen LogP contribution in [0.5, 0.6) is 5.75 Å². The number of aryl methyl sites for hydroxylation is 1. The van der Waals surface area contributed by atoms with E-state index in [0.717, 1.165) is 59.2 Å². The van der Waals surface area contributed by atoms with Crippen molar-refractivity contribution in [3.63, 3.8) is 0 Å². The zero-order chi connectivity index (χ0) is 33.4. The first-order valence-corrected chi connectivity index (χ1v) is 17.1. The lowest BCUT2D eigenvalue weighted by Crippen LogP contribution is -2.25. The van der Waals surface area contributed by atoms with E-state index in [2.05, 4.69) is 35.9 Å². The van der Waals surface area contributed by atoms with Crippen LogP contribution in [0.4, 0.5) is 17.6 Å². The van der Waals surface area contributed by atoms with Crippen molar-refractivity contribution < 1.29 is 14.3 Å². The van der Waals surface area contributed by atoms with Gasteiger partial charge in [-0.05, 0) is 56.2 Å². The number of nitrogens with one attached hydrogen (secondary N) is 3. The highest BCUT2D eigenvalue weighted by atomic mass is 32.2. The first-order valence-electron chi connectivity index (χ1n) is 15.7. The van der Waals surface area contributed by atoms with Gasteiger partial charge >= 0.3 is 0 Å². The molecule has 47 heavy (non-hydrogen) atoms. The summed E-state index contributed by atoms with van der Waals surface area (Å²) in [4.78, 5) is 35.0. The van der Waals surface area contributed by atoms with Crippen LogP contribution in [0.2, 0.25) is 0 Å². The first kappa shape index (κ1) is 35.2. The number of ether oxygens (including phenoxy) is 2. The van der Waals surface area contributed by atoms with Crippen LogP contribution in [0, 0.1) is 0 Å². The lowest BCUT2D eigenvalue weighted by molar-refractivity contribution is 0.0942. The average Bonchev–Trinajstić information content (AvgIpc) is 3.06. The molecule has 4 rings (SSSR count). The summed E-state index contributed by atoms with van der Waals surface area (Å²) in [6.07, 6.45) is 5.94. The molecule has 0 bridgehead atoms. The number of anilines is 3. The third-order valence-electron chi connectivity index (χ3n) is 7.16. The van der Waals surface area contributed by atoms with Gasteiger partial charge in [-0.2, -0.15) is 26.7 Å². The number of nitrogens with zero attached hydrogens (tertiary/aromatic N) is 5. The van der Waals surface area contributed by atoms with Crippen molar-refractivity contribution in [1.29, 1.82) is 0 Å². The van der Waals surface area contributed by atoms with Gasteiger partial charge in [0.05, 0.1) is 29.4 Å². The van der Waals surface area contributed by atoms with Crippen LogP contribution in [0.1, 0.15) is 41.9 Å². The maximum absolute atomic E-state index is 13.3. The molecule has 1 amide bonds. The van der Waals surface area contributed by atoms with E-state index in [-0.39, 0.29) is 17.8 Å². The number of amides is 1. The second-order valence-electron chi connectivity index (χ2n) is 10.7. The molecule has 0 aliphatic carbocycles. The molecule has 15 heteroatoms. The molecule has 9 N–H and O–H groups in total. The molecule has 14 nitrogen and oxygen atoms in total. The molecule has 252 valence electrons. The van der Waals surface area contributed by atoms with Crippen LogP contribution in [0.25, 0.3) is 21.8 Å². The number of nitrogens with two attached hydrogens (primary N) is 3. The molecule has 0 aliphatic rings. The minimum Gasteiger partial charge on any atom is -0.497 e. The predicted octanol–water partition coefficient (Wildman–Crippen LogP) is 3.17. The quantitative estimate of drug-likeness (QED) is 0.0347. The number of fused-ring (bicyclic) bond motifs is 2. The Kier molecular flexibility index (Phi) is 13.9. The van der Waals surface area contributed by atoms with Crippen LogP contribution in [0.3, 0.4) is 0 Å². The number of nitrogen functional groups attached to an aromatic ring is 1. The highest BCUT2D eigenvalue weighted by Gasteiger charge is 2.16. The van der Waals surface area contributed by atoms with E-state index in [4.69, 9.17) is 31.7 Å². The highest BCUT2D eigenvalue weighted by Crippen LogP contribution is 2.34. The Hall–Kier alpha value is -4.63. The summed E-state index contributed by atoms with van der Waals surface area (Å²) in [7, 11) is 1.64. The molecular weight excluding hydrogens is 618 g/mol. The maximum atomic E-state index is 13.3. The lowest BCUT2D eigenvalue weighted by Gasteiger charge is -2.16. The highest BCUT2D eigenvalue weighted by molar-refractivity contribution is 7.98. The second-order valence-corrected chi connectivity index (χ2v) is 11.7. The number of hydrogen-bond acceptors (Lipinski definition) is 12. The van der Waals surface area contributed by atoms with E-state index in [0.29, 0.717) is 68.7 Å². The number of rotatable bonds is 20. The van der Waals surface area contributed by atoms with Gasteiger partial charge in [0.2, 0.25) is 11.9 Å². The Morgan fingerprint density at radius 2 is 1.74 bits per heavy atom. The summed E-state index contributed by atoms with van der Waals surface area (Å²) < 4.78 is 11.1. The van der Waals surface area contributed by atoms with Crippen molar-refractivity contribution in [2.75, 3.05) is 74.9 Å². The number of aliphatic imine (C=N–C) groups is 1. The molecule has 0 spiro atoms. The van der Waals surface area contributed by atoms with Crippen LogP contribution in [-0.2, 0) is 11.2 Å². The average molecular weight is 664 g/mol. The Balaban J connectivity index is 1.38. The Labute approximate surface area is 279 Å². The molecule has 2 aromatic heterocycles. The number of guanidine groups is 1. The van der Waals surface area contributed by atoms with Crippen molar-refractivity contribution in [3.8, 4) is 5.75 Å². The third kappa shape index (κ3) is 10.7. The van der Waals surface area contributed by atoms with E-state index in [9.17, 15) is 4.79 Å². The van der Waals surface area contributed by atoms with Crippen LogP contribution < -0.4 is 37.9 Å². The number of carbonyl (C=O) groups is 1. The molecule has 0 saturated heterocycles. The molecule has 0 radical (unpaired) electrons. The van der Waals surface area contributed by atoms with E-state index < -0.39 is 0 Å². The summed E-state index contributed by atoms with van der Waals surface area (Å²) in [6, 6.07) is 11.4. The SMILES string of the molecule is COc1ccc2nc3c(C(=O)NCCCOCCCN=C(N)N)cccc3c(NCCCCNc3nc(N)nc(CCSC)n3)c2c1. The molecule has 2 heterocycles. The molecule has 0 atom stereocenters. The number of hydrogen-bond donors (Lipinski definition) is 6. The van der Waals surface area contributed by atoms with Gasteiger partial charge in [-0.25, -0.2) is 4.98 Å². The third-order valence-corrected chi connectivity index (χ3v) is 7.78. The second kappa shape index (κ2) is 18.5. The van der Waals surface area contributed by atoms with Crippen LogP contribution >= 0.6 is 11.8 Å². The fourth-order valence-corrected chi connectivity index (χ4v) is 5.27. The molecule has 0 saturated carbocycles. The number of aromatic nitrogens is 4. The number of methoxy groups -OCH3 is 1.